The first-order valence-corrected chi connectivity index (χ1v) is 6.03. The second-order valence-corrected chi connectivity index (χ2v) is 5.46. The highest BCUT2D eigenvalue weighted by Gasteiger charge is 2.31. The third-order valence-electron chi connectivity index (χ3n) is 4.29. The number of carbonyl (C=O) groups excluding carboxylic acids is 1. The Labute approximate surface area is 88.3 Å². The van der Waals surface area contributed by atoms with E-state index in [4.69, 9.17) is 0 Å². The Hall–Kier alpha value is -0.330. The third-order valence-corrected chi connectivity index (χ3v) is 4.29. The molecule has 1 aliphatic rings. The topological polar surface area (TPSA) is 17.1 Å². The Kier molecular flexibility index (Phi) is 4.15. The van der Waals surface area contributed by atoms with Crippen LogP contribution >= 0.6 is 0 Å². The summed E-state index contributed by atoms with van der Waals surface area (Å²) in [5.41, 5.74) is 0.506. The molecule has 0 radical (unpaired) electrons. The van der Waals surface area contributed by atoms with Crippen LogP contribution in [0, 0.1) is 17.3 Å². The first-order valence-electron chi connectivity index (χ1n) is 6.03. The van der Waals surface area contributed by atoms with E-state index in [1.165, 1.54) is 32.1 Å². The standard InChI is InChI=1S/C13H24O/c1-4-13(2,3)12-7-5-11(6-8-12)9-10-14/h10-12H,4-9H2,1-3H3. The lowest BCUT2D eigenvalue weighted by Crippen LogP contribution is -2.27. The van der Waals surface area contributed by atoms with E-state index in [0.717, 1.165) is 18.6 Å². The fourth-order valence-corrected chi connectivity index (χ4v) is 2.60. The van der Waals surface area contributed by atoms with E-state index in [1.54, 1.807) is 0 Å². The summed E-state index contributed by atoms with van der Waals surface area (Å²) in [6, 6.07) is 0. The molecule has 1 aliphatic carbocycles. The van der Waals surface area contributed by atoms with Gasteiger partial charge in [-0.05, 0) is 42.9 Å². The van der Waals surface area contributed by atoms with Crippen LogP contribution in [0.5, 0.6) is 0 Å². The fourth-order valence-electron chi connectivity index (χ4n) is 2.60. The van der Waals surface area contributed by atoms with Gasteiger partial charge in [-0.2, -0.15) is 0 Å². The van der Waals surface area contributed by atoms with Crippen molar-refractivity contribution in [2.75, 3.05) is 0 Å². The third kappa shape index (κ3) is 2.83. The predicted octanol–water partition coefficient (Wildman–Crippen LogP) is 3.82. The van der Waals surface area contributed by atoms with Crippen molar-refractivity contribution < 1.29 is 4.79 Å². The molecule has 82 valence electrons. The number of aldehydes is 1. The number of rotatable bonds is 4. The molecule has 1 saturated carbocycles. The molecule has 0 aromatic carbocycles. The molecule has 0 bridgehead atoms. The number of hydrogen-bond acceptors (Lipinski definition) is 1. The summed E-state index contributed by atoms with van der Waals surface area (Å²) >= 11 is 0. The molecule has 0 heterocycles. The number of hydrogen-bond donors (Lipinski definition) is 0. The molecule has 1 fully saturated rings. The van der Waals surface area contributed by atoms with Crippen LogP contribution in [-0.4, -0.2) is 6.29 Å². The van der Waals surface area contributed by atoms with Crippen molar-refractivity contribution in [3.05, 3.63) is 0 Å². The lowest BCUT2D eigenvalue weighted by molar-refractivity contribution is -0.108. The molecule has 0 unspecified atom stereocenters. The molecule has 14 heavy (non-hydrogen) atoms. The fraction of sp³-hybridized carbons (Fsp3) is 0.923. The van der Waals surface area contributed by atoms with Crippen molar-refractivity contribution in [2.45, 2.75) is 59.3 Å². The molecule has 1 heteroatoms. The minimum atomic E-state index is 0.506. The van der Waals surface area contributed by atoms with Gasteiger partial charge in [-0.25, -0.2) is 0 Å². The second kappa shape index (κ2) is 4.95. The zero-order valence-electron chi connectivity index (χ0n) is 9.88. The Balaban J connectivity index is 2.38. The predicted molar refractivity (Wildman–Crippen MR) is 60.2 cm³/mol. The molecular formula is C13H24O. The van der Waals surface area contributed by atoms with E-state index in [0.29, 0.717) is 11.3 Å². The molecule has 0 aliphatic heterocycles. The molecule has 0 aromatic heterocycles. The van der Waals surface area contributed by atoms with E-state index in [1.807, 2.05) is 0 Å². The summed E-state index contributed by atoms with van der Waals surface area (Å²) in [6.07, 6.45) is 8.36. The van der Waals surface area contributed by atoms with Crippen LogP contribution in [0.4, 0.5) is 0 Å². The molecule has 1 rings (SSSR count). The largest absolute Gasteiger partial charge is 0.303 e. The highest BCUT2D eigenvalue weighted by atomic mass is 16.1. The van der Waals surface area contributed by atoms with Crippen molar-refractivity contribution in [3.63, 3.8) is 0 Å². The Morgan fingerprint density at radius 1 is 1.21 bits per heavy atom. The van der Waals surface area contributed by atoms with Gasteiger partial charge in [-0.1, -0.05) is 27.2 Å². The summed E-state index contributed by atoms with van der Waals surface area (Å²) in [7, 11) is 0. The smallest absolute Gasteiger partial charge is 0.120 e. The average molecular weight is 196 g/mol. The van der Waals surface area contributed by atoms with Gasteiger partial charge in [0.25, 0.3) is 0 Å². The van der Waals surface area contributed by atoms with Gasteiger partial charge >= 0.3 is 0 Å². The van der Waals surface area contributed by atoms with Gasteiger partial charge in [0.15, 0.2) is 0 Å². The Morgan fingerprint density at radius 3 is 2.21 bits per heavy atom. The minimum Gasteiger partial charge on any atom is -0.303 e. The first-order chi connectivity index (χ1) is 6.60. The molecule has 0 N–H and O–H groups in total. The van der Waals surface area contributed by atoms with Crippen LogP contribution in [-0.2, 0) is 4.79 Å². The van der Waals surface area contributed by atoms with E-state index < -0.39 is 0 Å². The van der Waals surface area contributed by atoms with Gasteiger partial charge in [-0.15, -0.1) is 0 Å². The lowest BCUT2D eigenvalue weighted by atomic mass is 9.67. The van der Waals surface area contributed by atoms with Gasteiger partial charge in [0.1, 0.15) is 6.29 Å². The Bertz CT molecular complexity index is 176. The molecule has 1 nitrogen and oxygen atoms in total. The van der Waals surface area contributed by atoms with Gasteiger partial charge in [0.05, 0.1) is 0 Å². The van der Waals surface area contributed by atoms with Crippen molar-refractivity contribution >= 4 is 6.29 Å². The van der Waals surface area contributed by atoms with Crippen LogP contribution in [0.3, 0.4) is 0 Å². The maximum Gasteiger partial charge on any atom is 0.120 e. The first kappa shape index (κ1) is 11.7. The molecule has 0 aromatic rings. The zero-order valence-corrected chi connectivity index (χ0v) is 9.88. The average Bonchev–Trinajstić information content (AvgIpc) is 2.19. The number of carbonyl (C=O) groups is 1. The zero-order chi connectivity index (χ0) is 10.6. The van der Waals surface area contributed by atoms with Crippen molar-refractivity contribution in [2.24, 2.45) is 17.3 Å². The van der Waals surface area contributed by atoms with Crippen molar-refractivity contribution in [1.29, 1.82) is 0 Å². The summed E-state index contributed by atoms with van der Waals surface area (Å²) < 4.78 is 0. The van der Waals surface area contributed by atoms with Gasteiger partial charge in [0.2, 0.25) is 0 Å². The van der Waals surface area contributed by atoms with Gasteiger partial charge in [0, 0.05) is 6.42 Å². The summed E-state index contributed by atoms with van der Waals surface area (Å²) in [6.45, 7) is 7.06. The van der Waals surface area contributed by atoms with Gasteiger partial charge in [-0.3, -0.25) is 0 Å². The quantitative estimate of drug-likeness (QED) is 0.625. The Morgan fingerprint density at radius 2 is 1.79 bits per heavy atom. The van der Waals surface area contributed by atoms with Gasteiger partial charge < -0.3 is 4.79 Å². The van der Waals surface area contributed by atoms with Crippen LogP contribution in [0.15, 0.2) is 0 Å². The summed E-state index contributed by atoms with van der Waals surface area (Å²) in [5, 5.41) is 0. The van der Waals surface area contributed by atoms with E-state index in [-0.39, 0.29) is 0 Å². The van der Waals surface area contributed by atoms with Crippen molar-refractivity contribution in [3.8, 4) is 0 Å². The molecule has 0 spiro atoms. The van der Waals surface area contributed by atoms with Crippen LogP contribution in [0.25, 0.3) is 0 Å². The minimum absolute atomic E-state index is 0.506. The lowest BCUT2D eigenvalue weighted by Gasteiger charge is -2.38. The molecule has 0 saturated heterocycles. The van der Waals surface area contributed by atoms with Crippen molar-refractivity contribution in [1.82, 2.24) is 0 Å². The second-order valence-electron chi connectivity index (χ2n) is 5.46. The monoisotopic (exact) mass is 196 g/mol. The maximum atomic E-state index is 10.4. The highest BCUT2D eigenvalue weighted by molar-refractivity contribution is 5.49. The normalized spacial score (nSPS) is 28.8. The van der Waals surface area contributed by atoms with E-state index in [2.05, 4.69) is 20.8 Å². The SMILES string of the molecule is CCC(C)(C)C1CCC(CC=O)CC1. The van der Waals surface area contributed by atoms with Crippen LogP contribution in [0.1, 0.15) is 59.3 Å². The molecule has 0 atom stereocenters. The summed E-state index contributed by atoms with van der Waals surface area (Å²) in [4.78, 5) is 10.4. The molecular weight excluding hydrogens is 172 g/mol. The summed E-state index contributed by atoms with van der Waals surface area (Å²) in [5.74, 6) is 1.58. The highest BCUT2D eigenvalue weighted by Crippen LogP contribution is 2.42. The van der Waals surface area contributed by atoms with E-state index in [9.17, 15) is 4.79 Å². The van der Waals surface area contributed by atoms with Crippen LogP contribution in [0.2, 0.25) is 0 Å². The van der Waals surface area contributed by atoms with E-state index >= 15 is 0 Å². The van der Waals surface area contributed by atoms with Crippen LogP contribution < -0.4 is 0 Å². The maximum absolute atomic E-state index is 10.4. The molecule has 0 amide bonds.